The van der Waals surface area contributed by atoms with Crippen LogP contribution < -0.4 is 10.1 Å². The van der Waals surface area contributed by atoms with E-state index in [0.29, 0.717) is 24.2 Å². The fraction of sp³-hybridized carbons (Fsp3) is 0.412. The number of rotatable bonds is 6. The van der Waals surface area contributed by atoms with E-state index in [9.17, 15) is 14.0 Å². The van der Waals surface area contributed by atoms with Gasteiger partial charge in [-0.05, 0) is 11.6 Å². The third kappa shape index (κ3) is 3.36. The predicted molar refractivity (Wildman–Crippen MR) is 86.5 cm³/mol. The molecule has 0 aliphatic heterocycles. The highest BCUT2D eigenvalue weighted by molar-refractivity contribution is 6.02. The molecule has 124 valence electrons. The Morgan fingerprint density at radius 2 is 2.09 bits per heavy atom. The van der Waals surface area contributed by atoms with E-state index in [1.54, 1.807) is 13.0 Å². The van der Waals surface area contributed by atoms with Crippen LogP contribution in [0.1, 0.15) is 49.2 Å². The van der Waals surface area contributed by atoms with Crippen molar-refractivity contribution in [2.45, 2.75) is 33.1 Å². The molecule has 0 aliphatic carbocycles. The summed E-state index contributed by atoms with van der Waals surface area (Å²) in [6.07, 6.45) is 0.340. The summed E-state index contributed by atoms with van der Waals surface area (Å²) in [4.78, 5) is 26.4. The number of nitrogens with one attached hydrogen (secondary N) is 2. The Labute approximate surface area is 134 Å². The Hall–Kier alpha value is -2.37. The first-order valence-electron chi connectivity index (χ1n) is 7.55. The molecule has 0 radical (unpaired) electrons. The van der Waals surface area contributed by atoms with Crippen LogP contribution in [0.25, 0.3) is 10.9 Å². The molecule has 5 nitrogen and oxygen atoms in total. The van der Waals surface area contributed by atoms with E-state index in [2.05, 4.69) is 10.3 Å². The smallest absolute Gasteiger partial charge is 0.216 e. The van der Waals surface area contributed by atoms with Gasteiger partial charge >= 0.3 is 0 Å². The quantitative estimate of drug-likeness (QED) is 0.803. The van der Waals surface area contributed by atoms with Crippen molar-refractivity contribution in [3.8, 4) is 5.75 Å². The molecule has 2 N–H and O–H groups in total. The third-order valence-electron chi connectivity index (χ3n) is 3.86. The minimum absolute atomic E-state index is 0.0507. The number of hydrogen-bond donors (Lipinski definition) is 2. The Morgan fingerprint density at radius 1 is 1.39 bits per heavy atom. The standard InChI is InChI=1S/C17H21FN2O3/c1-5-14(22)17-16(9(2)8-19-10(3)21)11-6-15(23-4)12(18)7-13(11)20-17/h6-7,9,20H,5,8H2,1-4H3,(H,19,21). The van der Waals surface area contributed by atoms with Gasteiger partial charge < -0.3 is 15.0 Å². The van der Waals surface area contributed by atoms with E-state index in [1.165, 1.54) is 20.1 Å². The summed E-state index contributed by atoms with van der Waals surface area (Å²) >= 11 is 0. The van der Waals surface area contributed by atoms with Crippen molar-refractivity contribution in [1.29, 1.82) is 0 Å². The van der Waals surface area contributed by atoms with Crippen LogP contribution in [-0.4, -0.2) is 30.3 Å². The molecule has 0 saturated heterocycles. The van der Waals surface area contributed by atoms with Gasteiger partial charge in [0.15, 0.2) is 17.3 Å². The van der Waals surface area contributed by atoms with Gasteiger partial charge in [-0.2, -0.15) is 0 Å². The first-order chi connectivity index (χ1) is 10.9. The normalized spacial score (nSPS) is 12.2. The lowest BCUT2D eigenvalue weighted by Crippen LogP contribution is -2.25. The minimum atomic E-state index is -0.488. The predicted octanol–water partition coefficient (Wildman–Crippen LogP) is 3.15. The molecule has 0 spiro atoms. The van der Waals surface area contributed by atoms with Crippen LogP contribution in [0.15, 0.2) is 12.1 Å². The maximum Gasteiger partial charge on any atom is 0.216 e. The van der Waals surface area contributed by atoms with Gasteiger partial charge in [-0.3, -0.25) is 9.59 Å². The number of Topliss-reactive ketones (excluding diaryl/α,β-unsaturated/α-hetero) is 1. The van der Waals surface area contributed by atoms with Gasteiger partial charge in [0.25, 0.3) is 0 Å². The highest BCUT2D eigenvalue weighted by Crippen LogP contribution is 2.34. The van der Waals surface area contributed by atoms with Crippen LogP contribution in [0.3, 0.4) is 0 Å². The minimum Gasteiger partial charge on any atom is -0.494 e. The van der Waals surface area contributed by atoms with E-state index in [1.807, 2.05) is 6.92 Å². The average Bonchev–Trinajstić information content (AvgIpc) is 2.88. The molecule has 2 aromatic rings. The Balaban J connectivity index is 2.61. The van der Waals surface area contributed by atoms with E-state index in [-0.39, 0.29) is 23.4 Å². The SMILES string of the molecule is CCC(=O)c1[nH]c2cc(F)c(OC)cc2c1C(C)CNC(C)=O. The zero-order chi connectivity index (χ0) is 17.1. The monoisotopic (exact) mass is 320 g/mol. The first kappa shape index (κ1) is 17.0. The lowest BCUT2D eigenvalue weighted by atomic mass is 9.95. The maximum atomic E-state index is 13.9. The molecule has 0 aliphatic rings. The lowest BCUT2D eigenvalue weighted by Gasteiger charge is -2.14. The second-order valence-corrected chi connectivity index (χ2v) is 5.56. The molecular weight excluding hydrogens is 299 g/mol. The second kappa shape index (κ2) is 6.81. The Bertz CT molecular complexity index is 752. The molecule has 1 unspecified atom stereocenters. The van der Waals surface area contributed by atoms with Crippen molar-refractivity contribution in [3.05, 3.63) is 29.2 Å². The Morgan fingerprint density at radius 3 is 2.65 bits per heavy atom. The van der Waals surface area contributed by atoms with Gasteiger partial charge in [-0.15, -0.1) is 0 Å². The highest BCUT2D eigenvalue weighted by Gasteiger charge is 2.23. The van der Waals surface area contributed by atoms with Crippen LogP contribution in [0.2, 0.25) is 0 Å². The van der Waals surface area contributed by atoms with Crippen LogP contribution >= 0.6 is 0 Å². The zero-order valence-corrected chi connectivity index (χ0v) is 13.7. The number of amides is 1. The summed E-state index contributed by atoms with van der Waals surface area (Å²) in [5, 5.41) is 3.49. The number of carbonyl (C=O) groups is 2. The molecule has 1 atom stereocenters. The first-order valence-corrected chi connectivity index (χ1v) is 7.55. The van der Waals surface area contributed by atoms with Crippen molar-refractivity contribution < 1.29 is 18.7 Å². The van der Waals surface area contributed by atoms with Crippen LogP contribution in [-0.2, 0) is 4.79 Å². The largest absolute Gasteiger partial charge is 0.494 e. The van der Waals surface area contributed by atoms with Crippen LogP contribution in [0, 0.1) is 5.82 Å². The lowest BCUT2D eigenvalue weighted by molar-refractivity contribution is -0.119. The van der Waals surface area contributed by atoms with Crippen molar-refractivity contribution in [1.82, 2.24) is 10.3 Å². The maximum absolute atomic E-state index is 13.9. The summed E-state index contributed by atoms with van der Waals surface area (Å²) in [6, 6.07) is 2.92. The van der Waals surface area contributed by atoms with Gasteiger partial charge in [0.05, 0.1) is 12.8 Å². The second-order valence-electron chi connectivity index (χ2n) is 5.56. The van der Waals surface area contributed by atoms with Crippen molar-refractivity contribution in [2.24, 2.45) is 0 Å². The molecular formula is C17H21FN2O3. The van der Waals surface area contributed by atoms with Crippen molar-refractivity contribution in [2.75, 3.05) is 13.7 Å². The van der Waals surface area contributed by atoms with Gasteiger partial charge in [0, 0.05) is 42.8 Å². The molecule has 0 bridgehead atoms. The molecule has 23 heavy (non-hydrogen) atoms. The number of carbonyl (C=O) groups excluding carboxylic acids is 2. The summed E-state index contributed by atoms with van der Waals surface area (Å²) < 4.78 is 19.0. The number of methoxy groups -OCH3 is 1. The fourth-order valence-corrected chi connectivity index (χ4v) is 2.68. The topological polar surface area (TPSA) is 71.2 Å². The number of benzene rings is 1. The summed E-state index contributed by atoms with van der Waals surface area (Å²) in [6.45, 7) is 5.53. The highest BCUT2D eigenvalue weighted by atomic mass is 19.1. The summed E-state index contributed by atoms with van der Waals surface area (Å²) in [7, 11) is 1.40. The van der Waals surface area contributed by atoms with Crippen LogP contribution in [0.4, 0.5) is 4.39 Å². The number of ketones is 1. The van der Waals surface area contributed by atoms with Gasteiger partial charge in [-0.1, -0.05) is 13.8 Å². The molecule has 6 heteroatoms. The van der Waals surface area contributed by atoms with Gasteiger partial charge in [-0.25, -0.2) is 4.39 Å². The summed E-state index contributed by atoms with van der Waals surface area (Å²) in [5.74, 6) is -0.653. The van der Waals surface area contributed by atoms with E-state index in [4.69, 9.17) is 4.74 Å². The Kier molecular flexibility index (Phi) is 5.03. The van der Waals surface area contributed by atoms with Crippen LogP contribution in [0.5, 0.6) is 5.75 Å². The van der Waals surface area contributed by atoms with E-state index < -0.39 is 5.82 Å². The zero-order valence-electron chi connectivity index (χ0n) is 13.7. The molecule has 1 aromatic carbocycles. The summed E-state index contributed by atoms with van der Waals surface area (Å²) in [5.41, 5.74) is 1.79. The fourth-order valence-electron chi connectivity index (χ4n) is 2.68. The third-order valence-corrected chi connectivity index (χ3v) is 3.86. The number of ether oxygens (including phenoxy) is 1. The molecule has 1 amide bonds. The van der Waals surface area contributed by atoms with Crippen molar-refractivity contribution >= 4 is 22.6 Å². The number of hydrogen-bond acceptors (Lipinski definition) is 3. The van der Waals surface area contributed by atoms with E-state index in [0.717, 1.165) is 10.9 Å². The molecule has 0 fully saturated rings. The number of halogens is 1. The van der Waals surface area contributed by atoms with Crippen molar-refractivity contribution in [3.63, 3.8) is 0 Å². The molecule has 2 rings (SSSR count). The van der Waals surface area contributed by atoms with Gasteiger partial charge in [0.1, 0.15) is 0 Å². The number of aromatic amines is 1. The number of aromatic nitrogens is 1. The molecule has 1 heterocycles. The average molecular weight is 320 g/mol. The van der Waals surface area contributed by atoms with Gasteiger partial charge in [0.2, 0.25) is 5.91 Å². The molecule has 1 aromatic heterocycles. The number of fused-ring (bicyclic) bond motifs is 1. The molecule has 0 saturated carbocycles. The van der Waals surface area contributed by atoms with E-state index >= 15 is 0 Å². The number of H-pyrrole nitrogens is 1.